The molecular weight excluding hydrogens is 335 g/mol. The molecule has 1 aromatic carbocycles. The Balaban J connectivity index is 2.20. The molecule has 1 aromatic heterocycles. The molecule has 1 heterocycles. The van der Waals surface area contributed by atoms with Crippen LogP contribution in [0.4, 0.5) is 4.39 Å². The summed E-state index contributed by atoms with van der Waals surface area (Å²) in [7, 11) is 0. The fraction of sp³-hybridized carbons (Fsp3) is 0.312. The Kier molecular flexibility index (Phi) is 5.70. The summed E-state index contributed by atoms with van der Waals surface area (Å²) < 4.78 is 20.9. The van der Waals surface area contributed by atoms with E-state index >= 15 is 0 Å². The van der Waals surface area contributed by atoms with E-state index in [1.54, 1.807) is 18.3 Å². The number of aryl methyl sites for hydroxylation is 1. The summed E-state index contributed by atoms with van der Waals surface area (Å²) in [5, 5.41) is 3.17. The quantitative estimate of drug-likeness (QED) is 0.772. The van der Waals surface area contributed by atoms with Crippen LogP contribution >= 0.6 is 15.9 Å². The van der Waals surface area contributed by atoms with Crippen LogP contribution in [0.5, 0.6) is 11.6 Å². The molecule has 0 unspecified atom stereocenters. The molecule has 0 spiro atoms. The number of halogens is 2. The average molecular weight is 353 g/mol. The summed E-state index contributed by atoms with van der Waals surface area (Å²) in [6, 6.07) is 7.29. The third-order valence-electron chi connectivity index (χ3n) is 3.04. The van der Waals surface area contributed by atoms with Gasteiger partial charge in [0, 0.05) is 22.8 Å². The van der Waals surface area contributed by atoms with Gasteiger partial charge >= 0.3 is 0 Å². The maximum absolute atomic E-state index is 14.4. The van der Waals surface area contributed by atoms with Crippen molar-refractivity contribution < 1.29 is 9.13 Å². The van der Waals surface area contributed by atoms with E-state index in [2.05, 4.69) is 33.2 Å². The lowest BCUT2D eigenvalue weighted by Crippen LogP contribution is -2.15. The van der Waals surface area contributed by atoms with Gasteiger partial charge in [-0.25, -0.2) is 9.37 Å². The van der Waals surface area contributed by atoms with E-state index < -0.39 is 5.82 Å². The molecule has 0 fully saturated rings. The third-order valence-corrected chi connectivity index (χ3v) is 3.53. The van der Waals surface area contributed by atoms with E-state index in [9.17, 15) is 4.39 Å². The summed E-state index contributed by atoms with van der Waals surface area (Å²) >= 11 is 3.38. The maximum atomic E-state index is 14.4. The summed E-state index contributed by atoms with van der Waals surface area (Å²) in [6.07, 6.45) is 2.57. The van der Waals surface area contributed by atoms with Crippen molar-refractivity contribution in [2.75, 3.05) is 6.54 Å². The van der Waals surface area contributed by atoms with Gasteiger partial charge in [0.25, 0.3) is 5.88 Å². The lowest BCUT2D eigenvalue weighted by atomic mass is 10.2. The first kappa shape index (κ1) is 15.9. The van der Waals surface area contributed by atoms with Crippen LogP contribution in [0.2, 0.25) is 0 Å². The van der Waals surface area contributed by atoms with Gasteiger partial charge in [0.05, 0.1) is 0 Å². The Labute approximate surface area is 132 Å². The molecule has 0 amide bonds. The van der Waals surface area contributed by atoms with Gasteiger partial charge in [-0.3, -0.25) is 0 Å². The molecule has 0 radical (unpaired) electrons. The molecule has 112 valence electrons. The molecule has 0 aliphatic rings. The van der Waals surface area contributed by atoms with Gasteiger partial charge in [-0.15, -0.1) is 0 Å². The van der Waals surface area contributed by atoms with Crippen molar-refractivity contribution in [2.24, 2.45) is 0 Å². The molecule has 0 atom stereocenters. The number of hydrogen-bond donors (Lipinski definition) is 1. The second-order valence-corrected chi connectivity index (χ2v) is 5.69. The number of pyridine rings is 1. The van der Waals surface area contributed by atoms with E-state index in [0.717, 1.165) is 23.0 Å². The topological polar surface area (TPSA) is 34.2 Å². The molecule has 0 aliphatic heterocycles. The number of rotatable bonds is 6. The zero-order chi connectivity index (χ0) is 15.2. The number of ether oxygens (including phenoxy) is 1. The van der Waals surface area contributed by atoms with Crippen molar-refractivity contribution in [3.63, 3.8) is 0 Å². The Morgan fingerprint density at radius 3 is 2.90 bits per heavy atom. The second kappa shape index (κ2) is 7.52. The van der Waals surface area contributed by atoms with Gasteiger partial charge < -0.3 is 10.1 Å². The normalized spacial score (nSPS) is 10.7. The smallest absolute Gasteiger partial charge is 0.256 e. The minimum atomic E-state index is -0.416. The summed E-state index contributed by atoms with van der Waals surface area (Å²) in [6.45, 7) is 5.30. The largest absolute Gasteiger partial charge is 0.436 e. The summed E-state index contributed by atoms with van der Waals surface area (Å²) in [4.78, 5) is 3.99. The van der Waals surface area contributed by atoms with Crippen molar-refractivity contribution in [2.45, 2.75) is 26.8 Å². The van der Waals surface area contributed by atoms with Crippen molar-refractivity contribution in [3.05, 3.63) is 51.9 Å². The third kappa shape index (κ3) is 4.25. The van der Waals surface area contributed by atoms with Crippen LogP contribution in [-0.2, 0) is 6.54 Å². The van der Waals surface area contributed by atoms with E-state index in [1.807, 2.05) is 19.1 Å². The van der Waals surface area contributed by atoms with E-state index in [4.69, 9.17) is 4.74 Å². The molecule has 0 saturated heterocycles. The van der Waals surface area contributed by atoms with Crippen LogP contribution < -0.4 is 10.1 Å². The van der Waals surface area contributed by atoms with E-state index in [-0.39, 0.29) is 5.88 Å². The van der Waals surface area contributed by atoms with Gasteiger partial charge in [0.1, 0.15) is 5.75 Å². The van der Waals surface area contributed by atoms with Crippen LogP contribution in [-0.4, -0.2) is 11.5 Å². The zero-order valence-corrected chi connectivity index (χ0v) is 13.7. The Morgan fingerprint density at radius 1 is 1.33 bits per heavy atom. The molecular formula is C16H18BrFN2O. The highest BCUT2D eigenvalue weighted by atomic mass is 79.9. The maximum Gasteiger partial charge on any atom is 0.256 e. The molecule has 2 rings (SSSR count). The first-order valence-electron chi connectivity index (χ1n) is 6.90. The van der Waals surface area contributed by atoms with Crippen LogP contribution in [0.1, 0.15) is 24.5 Å². The highest BCUT2D eigenvalue weighted by Crippen LogP contribution is 2.29. The van der Waals surface area contributed by atoms with Crippen molar-refractivity contribution in [3.8, 4) is 11.6 Å². The lowest BCUT2D eigenvalue weighted by molar-refractivity contribution is 0.415. The molecule has 5 heteroatoms. The average Bonchev–Trinajstić information content (AvgIpc) is 2.47. The number of nitrogens with zero attached hydrogens (tertiary/aromatic N) is 1. The molecule has 1 N–H and O–H groups in total. The van der Waals surface area contributed by atoms with Crippen molar-refractivity contribution in [1.82, 2.24) is 10.3 Å². The number of aromatic nitrogens is 1. The molecule has 21 heavy (non-hydrogen) atoms. The van der Waals surface area contributed by atoms with Crippen LogP contribution in [0.25, 0.3) is 0 Å². The molecule has 3 nitrogen and oxygen atoms in total. The summed E-state index contributed by atoms with van der Waals surface area (Å²) in [5.41, 5.74) is 1.48. The Morgan fingerprint density at radius 2 is 2.14 bits per heavy atom. The van der Waals surface area contributed by atoms with Crippen molar-refractivity contribution >= 4 is 15.9 Å². The Hall–Kier alpha value is -1.46. The van der Waals surface area contributed by atoms with Crippen LogP contribution in [0.3, 0.4) is 0 Å². The van der Waals surface area contributed by atoms with Gasteiger partial charge in [-0.1, -0.05) is 28.9 Å². The van der Waals surface area contributed by atoms with Gasteiger partial charge in [0.2, 0.25) is 0 Å². The van der Waals surface area contributed by atoms with Gasteiger partial charge in [-0.2, -0.15) is 0 Å². The highest BCUT2D eigenvalue weighted by Gasteiger charge is 2.12. The van der Waals surface area contributed by atoms with Crippen molar-refractivity contribution in [1.29, 1.82) is 0 Å². The molecule has 0 bridgehead atoms. The molecule has 0 aliphatic carbocycles. The minimum Gasteiger partial charge on any atom is -0.436 e. The monoisotopic (exact) mass is 352 g/mol. The minimum absolute atomic E-state index is 0.00648. The fourth-order valence-corrected chi connectivity index (χ4v) is 2.20. The number of nitrogens with one attached hydrogen (secondary N) is 1. The number of hydrogen-bond acceptors (Lipinski definition) is 3. The van der Waals surface area contributed by atoms with E-state index in [1.165, 1.54) is 0 Å². The zero-order valence-electron chi connectivity index (χ0n) is 12.1. The summed E-state index contributed by atoms with van der Waals surface area (Å²) in [5.74, 6) is 0.182. The van der Waals surface area contributed by atoms with Gasteiger partial charge in [-0.05, 0) is 43.7 Å². The standard InChI is InChI=1S/C16H18BrFN2O/c1-3-7-19-10-12-6-8-20-16(15(12)18)21-14-9-13(17)5-4-11(14)2/h4-6,8-9,19H,3,7,10H2,1-2H3. The SMILES string of the molecule is CCCNCc1ccnc(Oc2cc(Br)ccc2C)c1F. The Bertz CT molecular complexity index is 619. The first-order chi connectivity index (χ1) is 10.1. The number of benzene rings is 1. The molecule has 0 saturated carbocycles. The predicted molar refractivity (Wildman–Crippen MR) is 85.1 cm³/mol. The van der Waals surface area contributed by atoms with Crippen LogP contribution in [0.15, 0.2) is 34.9 Å². The molecule has 2 aromatic rings. The second-order valence-electron chi connectivity index (χ2n) is 4.78. The van der Waals surface area contributed by atoms with Crippen LogP contribution in [0, 0.1) is 12.7 Å². The first-order valence-corrected chi connectivity index (χ1v) is 7.69. The fourth-order valence-electron chi connectivity index (χ4n) is 1.86. The van der Waals surface area contributed by atoms with E-state index in [0.29, 0.717) is 17.9 Å². The highest BCUT2D eigenvalue weighted by molar-refractivity contribution is 9.10. The van der Waals surface area contributed by atoms with Gasteiger partial charge in [0.15, 0.2) is 5.82 Å². The predicted octanol–water partition coefficient (Wildman–Crippen LogP) is 4.58. The lowest BCUT2D eigenvalue weighted by Gasteiger charge is -2.11.